The molecule has 0 saturated carbocycles. The number of sulfonamides is 1. The normalized spacial score (nSPS) is 15.8. The Bertz CT molecular complexity index is 1120. The molecule has 10 nitrogen and oxygen atoms in total. The van der Waals surface area contributed by atoms with Crippen LogP contribution in [0.1, 0.15) is 26.3 Å². The van der Waals surface area contributed by atoms with E-state index in [-0.39, 0.29) is 16.0 Å². The molecule has 0 spiro atoms. The molecule has 0 bridgehead atoms. The maximum Gasteiger partial charge on any atom is 0.269 e. The number of carbonyl (C=O) groups is 1. The molecule has 1 atom stereocenters. The molecule has 0 aromatic heterocycles. The van der Waals surface area contributed by atoms with Gasteiger partial charge in [-0.1, -0.05) is 32.9 Å². The molecule has 1 amide bonds. The van der Waals surface area contributed by atoms with Crippen molar-refractivity contribution in [3.8, 4) is 0 Å². The van der Waals surface area contributed by atoms with Gasteiger partial charge in [-0.2, -0.15) is 4.72 Å². The third-order valence-corrected chi connectivity index (χ3v) is 7.31. The highest BCUT2D eigenvalue weighted by Crippen LogP contribution is 2.24. The summed E-state index contributed by atoms with van der Waals surface area (Å²) < 4.78 is 28.0. The van der Waals surface area contributed by atoms with Crippen molar-refractivity contribution in [2.75, 3.05) is 37.7 Å². The zero-order chi connectivity index (χ0) is 25.1. The van der Waals surface area contributed by atoms with Crippen molar-refractivity contribution in [1.82, 2.24) is 9.62 Å². The number of amides is 1. The van der Waals surface area contributed by atoms with E-state index in [0.29, 0.717) is 26.2 Å². The molecule has 1 aliphatic heterocycles. The van der Waals surface area contributed by atoms with Crippen LogP contribution < -0.4 is 9.62 Å². The molecule has 184 valence electrons. The fraction of sp³-hybridized carbons (Fsp3) is 0.435. The molecule has 1 heterocycles. The number of hydrogen-bond donors (Lipinski definition) is 2. The van der Waals surface area contributed by atoms with Crippen molar-refractivity contribution in [3.63, 3.8) is 0 Å². The number of aliphatic hydroxyl groups is 1. The monoisotopic (exact) mass is 490 g/mol. The summed E-state index contributed by atoms with van der Waals surface area (Å²) in [5.41, 5.74) is 1.65. The van der Waals surface area contributed by atoms with Crippen LogP contribution in [0.3, 0.4) is 0 Å². The molecule has 1 aliphatic rings. The summed E-state index contributed by atoms with van der Waals surface area (Å²) in [6.45, 7) is 7.01. The molecule has 1 fully saturated rings. The molecule has 0 unspecified atom stereocenters. The second-order valence-corrected chi connectivity index (χ2v) is 10.9. The number of carbonyl (C=O) groups excluding carboxylic acids is 1. The molecule has 2 aromatic rings. The molecule has 11 heteroatoms. The second-order valence-electron chi connectivity index (χ2n) is 9.22. The molecule has 3 rings (SSSR count). The van der Waals surface area contributed by atoms with Crippen molar-refractivity contribution in [1.29, 1.82) is 0 Å². The van der Waals surface area contributed by atoms with E-state index < -0.39 is 33.5 Å². The third-order valence-electron chi connectivity index (χ3n) is 5.83. The summed E-state index contributed by atoms with van der Waals surface area (Å²) in [7, 11) is -4.01. The van der Waals surface area contributed by atoms with Gasteiger partial charge in [0.05, 0.1) is 16.4 Å². The van der Waals surface area contributed by atoms with E-state index in [1.807, 2.05) is 25.7 Å². The van der Waals surface area contributed by atoms with E-state index >= 15 is 0 Å². The highest BCUT2D eigenvalue weighted by Gasteiger charge is 2.31. The van der Waals surface area contributed by atoms with Crippen LogP contribution in [0.2, 0.25) is 0 Å². The summed E-state index contributed by atoms with van der Waals surface area (Å²) in [5, 5.41) is 20.6. The average Bonchev–Trinajstić information content (AvgIpc) is 2.82. The lowest BCUT2D eigenvalue weighted by Crippen LogP contribution is -2.56. The second kappa shape index (κ2) is 10.1. The minimum Gasteiger partial charge on any atom is -0.394 e. The van der Waals surface area contributed by atoms with Crippen LogP contribution >= 0.6 is 0 Å². The number of rotatable bonds is 7. The molecular weight excluding hydrogens is 460 g/mol. The Hall–Kier alpha value is -3.02. The Balaban J connectivity index is 1.62. The van der Waals surface area contributed by atoms with Gasteiger partial charge in [0.2, 0.25) is 15.9 Å². The van der Waals surface area contributed by atoms with Crippen molar-refractivity contribution >= 4 is 27.3 Å². The highest BCUT2D eigenvalue weighted by molar-refractivity contribution is 7.89. The predicted molar refractivity (Wildman–Crippen MR) is 128 cm³/mol. The standard InChI is InChI=1S/C23H30N4O6S/c1-23(2,3)17-4-10-20(11-5-17)34(32,33)24-21(16-28)22(29)26-14-12-25(13-15-26)18-6-8-19(9-7-18)27(30)31/h4-11,21,24,28H,12-16H2,1-3H3/t21-/m0/s1. The Morgan fingerprint density at radius 1 is 1.06 bits per heavy atom. The van der Waals surface area contributed by atoms with Gasteiger partial charge in [0.1, 0.15) is 6.04 Å². The minimum atomic E-state index is -4.01. The van der Waals surface area contributed by atoms with Crippen LogP contribution in [0, 0.1) is 10.1 Å². The summed E-state index contributed by atoms with van der Waals surface area (Å²) in [4.78, 5) is 26.8. The topological polar surface area (TPSA) is 133 Å². The quantitative estimate of drug-likeness (QED) is 0.447. The molecule has 1 saturated heterocycles. The van der Waals surface area contributed by atoms with Crippen molar-refractivity contribution in [3.05, 3.63) is 64.2 Å². The molecule has 2 N–H and O–H groups in total. The van der Waals surface area contributed by atoms with Gasteiger partial charge in [0, 0.05) is 44.0 Å². The van der Waals surface area contributed by atoms with E-state index in [2.05, 4.69) is 4.72 Å². The van der Waals surface area contributed by atoms with Gasteiger partial charge in [-0.05, 0) is 35.2 Å². The fourth-order valence-corrected chi connectivity index (χ4v) is 4.93. The fourth-order valence-electron chi connectivity index (χ4n) is 3.75. The largest absolute Gasteiger partial charge is 0.394 e. The van der Waals surface area contributed by atoms with Crippen LogP contribution in [-0.4, -0.2) is 68.1 Å². The zero-order valence-corrected chi connectivity index (χ0v) is 20.3. The third kappa shape index (κ3) is 5.91. The Labute approximate surface area is 199 Å². The SMILES string of the molecule is CC(C)(C)c1ccc(S(=O)(=O)N[C@@H](CO)C(=O)N2CCN(c3ccc([N+](=O)[O-])cc3)CC2)cc1. The molecular formula is C23H30N4O6S. The number of benzene rings is 2. The summed E-state index contributed by atoms with van der Waals surface area (Å²) in [6, 6.07) is 11.3. The molecule has 0 aliphatic carbocycles. The van der Waals surface area contributed by atoms with Crippen LogP contribution in [0.15, 0.2) is 53.4 Å². The van der Waals surface area contributed by atoms with E-state index in [1.54, 1.807) is 24.3 Å². The van der Waals surface area contributed by atoms with E-state index in [9.17, 15) is 28.4 Å². The van der Waals surface area contributed by atoms with Gasteiger partial charge in [-0.15, -0.1) is 0 Å². The molecule has 0 radical (unpaired) electrons. The van der Waals surface area contributed by atoms with Crippen LogP contribution in [-0.2, 0) is 20.2 Å². The smallest absolute Gasteiger partial charge is 0.269 e. The lowest BCUT2D eigenvalue weighted by atomic mass is 9.87. The first-order chi connectivity index (χ1) is 15.9. The van der Waals surface area contributed by atoms with Gasteiger partial charge < -0.3 is 14.9 Å². The Kier molecular flexibility index (Phi) is 7.59. The van der Waals surface area contributed by atoms with E-state index in [4.69, 9.17) is 0 Å². The zero-order valence-electron chi connectivity index (χ0n) is 19.5. The van der Waals surface area contributed by atoms with Crippen molar-refractivity contribution < 1.29 is 23.2 Å². The number of nitro benzene ring substituents is 1. The first kappa shape index (κ1) is 25.6. The number of nitrogens with one attached hydrogen (secondary N) is 1. The average molecular weight is 491 g/mol. The van der Waals surface area contributed by atoms with Gasteiger partial charge in [0.15, 0.2) is 0 Å². The van der Waals surface area contributed by atoms with Crippen molar-refractivity contribution in [2.45, 2.75) is 37.1 Å². The number of hydrogen-bond acceptors (Lipinski definition) is 7. The van der Waals surface area contributed by atoms with Gasteiger partial charge >= 0.3 is 0 Å². The lowest BCUT2D eigenvalue weighted by Gasteiger charge is -2.37. The summed E-state index contributed by atoms with van der Waals surface area (Å²) >= 11 is 0. The lowest BCUT2D eigenvalue weighted by molar-refractivity contribution is -0.384. The number of nitro groups is 1. The van der Waals surface area contributed by atoms with Crippen LogP contribution in [0.4, 0.5) is 11.4 Å². The Morgan fingerprint density at radius 2 is 1.62 bits per heavy atom. The van der Waals surface area contributed by atoms with E-state index in [1.165, 1.54) is 29.2 Å². The molecule has 2 aromatic carbocycles. The maximum atomic E-state index is 12.9. The Morgan fingerprint density at radius 3 is 2.09 bits per heavy atom. The number of anilines is 1. The van der Waals surface area contributed by atoms with Crippen LogP contribution in [0.25, 0.3) is 0 Å². The first-order valence-corrected chi connectivity index (χ1v) is 12.4. The number of nitrogens with zero attached hydrogens (tertiary/aromatic N) is 3. The first-order valence-electron chi connectivity index (χ1n) is 10.9. The van der Waals surface area contributed by atoms with E-state index in [0.717, 1.165) is 11.3 Å². The number of piperazine rings is 1. The number of aliphatic hydroxyl groups excluding tert-OH is 1. The maximum absolute atomic E-state index is 12.9. The number of non-ortho nitro benzene ring substituents is 1. The minimum absolute atomic E-state index is 0.00341. The highest BCUT2D eigenvalue weighted by atomic mass is 32.2. The van der Waals surface area contributed by atoms with Crippen molar-refractivity contribution in [2.24, 2.45) is 0 Å². The van der Waals surface area contributed by atoms with Gasteiger partial charge in [0.25, 0.3) is 5.69 Å². The predicted octanol–water partition coefficient (Wildman–Crippen LogP) is 1.88. The summed E-state index contributed by atoms with van der Waals surface area (Å²) in [6.07, 6.45) is 0. The van der Waals surface area contributed by atoms with Crippen LogP contribution in [0.5, 0.6) is 0 Å². The van der Waals surface area contributed by atoms with Gasteiger partial charge in [-0.25, -0.2) is 8.42 Å². The molecule has 34 heavy (non-hydrogen) atoms. The van der Waals surface area contributed by atoms with Gasteiger partial charge in [-0.3, -0.25) is 14.9 Å². The summed E-state index contributed by atoms with van der Waals surface area (Å²) in [5.74, 6) is -0.499.